The Balaban J connectivity index is 1.73. The molecule has 0 radical (unpaired) electrons. The first-order valence-corrected chi connectivity index (χ1v) is 11.1. The minimum atomic E-state index is -3.76. The van der Waals surface area contributed by atoms with Crippen molar-refractivity contribution in [2.24, 2.45) is 0 Å². The maximum Gasteiger partial charge on any atom is 0.245 e. The number of anilines is 1. The summed E-state index contributed by atoms with van der Waals surface area (Å²) in [6, 6.07) is 7.63. The molecular formula is C19H25N3O4S. The van der Waals surface area contributed by atoms with Gasteiger partial charge >= 0.3 is 0 Å². The van der Waals surface area contributed by atoms with Crippen LogP contribution >= 0.6 is 0 Å². The molecule has 0 aliphatic carbocycles. The van der Waals surface area contributed by atoms with Crippen LogP contribution in [0, 0.1) is 0 Å². The highest BCUT2D eigenvalue weighted by atomic mass is 32.2. The van der Waals surface area contributed by atoms with E-state index in [1.807, 2.05) is 24.3 Å². The zero-order valence-corrected chi connectivity index (χ0v) is 16.5. The molecule has 0 fully saturated rings. The summed E-state index contributed by atoms with van der Waals surface area (Å²) in [7, 11) is -3.76. The number of unbranched alkanes of at least 4 members (excludes halogenated alkanes) is 1. The lowest BCUT2D eigenvalue weighted by Crippen LogP contribution is -2.44. The Hall–Kier alpha value is -2.22. The summed E-state index contributed by atoms with van der Waals surface area (Å²) in [4.78, 5) is 18.7. The van der Waals surface area contributed by atoms with E-state index in [9.17, 15) is 13.2 Å². The average molecular weight is 391 g/mol. The Kier molecular flexibility index (Phi) is 5.94. The number of amides is 1. The molecule has 0 spiro atoms. The van der Waals surface area contributed by atoms with Gasteiger partial charge in [-0.2, -0.15) is 4.98 Å². The van der Waals surface area contributed by atoms with Gasteiger partial charge in [-0.15, -0.1) is 0 Å². The minimum absolute atomic E-state index is 0.0415. The molecule has 1 aromatic heterocycles. The molecule has 27 heavy (non-hydrogen) atoms. The number of para-hydroxylation sites is 1. The van der Waals surface area contributed by atoms with Crippen LogP contribution in [0.5, 0.6) is 0 Å². The predicted octanol–water partition coefficient (Wildman–Crippen LogP) is 2.69. The van der Waals surface area contributed by atoms with Gasteiger partial charge in [0.05, 0.1) is 0 Å². The monoisotopic (exact) mass is 391 g/mol. The molecule has 1 atom stereocenters. The van der Waals surface area contributed by atoms with E-state index >= 15 is 0 Å². The first-order chi connectivity index (χ1) is 12.9. The largest absolute Gasteiger partial charge is 0.338 e. The maximum atomic E-state index is 12.9. The van der Waals surface area contributed by atoms with Crippen molar-refractivity contribution < 1.29 is 17.7 Å². The van der Waals surface area contributed by atoms with Gasteiger partial charge in [-0.3, -0.25) is 4.79 Å². The number of carbonyl (C=O) groups is 1. The molecule has 8 heteroatoms. The number of carbonyl (C=O) groups excluding carboxylic acids is 1. The highest BCUT2D eigenvalue weighted by molar-refractivity contribution is 7.92. The number of benzene rings is 1. The summed E-state index contributed by atoms with van der Waals surface area (Å²) < 4.78 is 30.6. The number of aryl methyl sites for hydroxylation is 2. The van der Waals surface area contributed by atoms with Crippen LogP contribution < -0.4 is 4.90 Å². The summed E-state index contributed by atoms with van der Waals surface area (Å²) in [6.07, 6.45) is 4.27. The van der Waals surface area contributed by atoms with Crippen LogP contribution in [0.15, 0.2) is 28.8 Å². The third-order valence-electron chi connectivity index (χ3n) is 4.85. The second-order valence-electron chi connectivity index (χ2n) is 6.88. The van der Waals surface area contributed by atoms with Gasteiger partial charge < -0.3 is 9.42 Å². The molecular weight excluding hydrogens is 366 g/mol. The average Bonchev–Trinajstić information content (AvgIpc) is 3.11. The number of sulfone groups is 1. The molecule has 0 saturated heterocycles. The van der Waals surface area contributed by atoms with Crippen LogP contribution in [0.4, 0.5) is 5.69 Å². The van der Waals surface area contributed by atoms with Crippen molar-refractivity contribution in [2.75, 3.05) is 11.4 Å². The lowest BCUT2D eigenvalue weighted by Gasteiger charge is -2.31. The number of hydrogen-bond acceptors (Lipinski definition) is 6. The predicted molar refractivity (Wildman–Crippen MR) is 102 cm³/mol. The van der Waals surface area contributed by atoms with Crippen molar-refractivity contribution in [1.29, 1.82) is 0 Å². The van der Waals surface area contributed by atoms with Crippen LogP contribution in [-0.4, -0.2) is 36.3 Å². The van der Waals surface area contributed by atoms with Gasteiger partial charge in [-0.05, 0) is 37.8 Å². The van der Waals surface area contributed by atoms with Crippen LogP contribution in [0.1, 0.15) is 50.4 Å². The molecule has 1 aliphatic rings. The molecule has 1 unspecified atom stereocenters. The third kappa shape index (κ3) is 4.37. The van der Waals surface area contributed by atoms with Gasteiger partial charge in [-0.1, -0.05) is 36.7 Å². The Bertz CT molecular complexity index is 907. The lowest BCUT2D eigenvalue weighted by molar-refractivity contribution is -0.118. The molecule has 1 aromatic carbocycles. The number of rotatable bonds is 7. The molecule has 3 rings (SSSR count). The quantitative estimate of drug-likeness (QED) is 0.720. The van der Waals surface area contributed by atoms with Crippen LogP contribution in [0.2, 0.25) is 0 Å². The van der Waals surface area contributed by atoms with E-state index in [4.69, 9.17) is 4.52 Å². The van der Waals surface area contributed by atoms with E-state index < -0.39 is 26.7 Å². The zero-order valence-electron chi connectivity index (χ0n) is 15.7. The Labute approximate surface area is 159 Å². The third-order valence-corrected chi connectivity index (χ3v) is 6.78. The Morgan fingerprint density at radius 2 is 2.11 bits per heavy atom. The Morgan fingerprint density at radius 1 is 1.33 bits per heavy atom. The normalized spacial score (nSPS) is 15.4. The molecule has 0 bridgehead atoms. The second-order valence-corrected chi connectivity index (χ2v) is 9.20. The fraction of sp³-hybridized carbons (Fsp3) is 0.526. The number of aromatic nitrogens is 2. The van der Waals surface area contributed by atoms with Crippen LogP contribution in [-0.2, 0) is 33.2 Å². The van der Waals surface area contributed by atoms with E-state index in [-0.39, 0.29) is 5.89 Å². The number of fused-ring (bicyclic) bond motifs is 1. The van der Waals surface area contributed by atoms with E-state index in [2.05, 4.69) is 17.1 Å². The van der Waals surface area contributed by atoms with Gasteiger partial charge in [0, 0.05) is 18.7 Å². The van der Waals surface area contributed by atoms with Gasteiger partial charge in [0.1, 0.15) is 11.0 Å². The summed E-state index contributed by atoms with van der Waals surface area (Å²) in [5, 5.41) is 2.64. The molecule has 2 heterocycles. The molecule has 1 aliphatic heterocycles. The molecule has 1 amide bonds. The van der Waals surface area contributed by atoms with E-state index in [1.54, 1.807) is 4.90 Å². The molecule has 7 nitrogen and oxygen atoms in total. The summed E-state index contributed by atoms with van der Waals surface area (Å²) in [5.41, 5.74) is 1.87. The first kappa shape index (κ1) is 19.5. The first-order valence-electron chi connectivity index (χ1n) is 9.34. The fourth-order valence-electron chi connectivity index (χ4n) is 3.22. The van der Waals surface area contributed by atoms with Crippen molar-refractivity contribution in [2.45, 2.75) is 57.0 Å². The number of nitrogens with zero attached hydrogens (tertiary/aromatic N) is 3. The smallest absolute Gasteiger partial charge is 0.245 e. The molecule has 2 aromatic rings. The van der Waals surface area contributed by atoms with Crippen molar-refractivity contribution in [3.8, 4) is 0 Å². The summed E-state index contributed by atoms with van der Waals surface area (Å²) >= 11 is 0. The SMILES string of the molecule is CCCCc1noc(CS(=O)(=O)C(C)C(=O)N2CCCc3ccccc32)n1. The van der Waals surface area contributed by atoms with E-state index in [0.717, 1.165) is 36.9 Å². The minimum Gasteiger partial charge on any atom is -0.338 e. The maximum absolute atomic E-state index is 12.9. The highest BCUT2D eigenvalue weighted by Gasteiger charge is 2.35. The van der Waals surface area contributed by atoms with E-state index in [0.29, 0.717) is 18.8 Å². The van der Waals surface area contributed by atoms with Crippen molar-refractivity contribution in [3.63, 3.8) is 0 Å². The van der Waals surface area contributed by atoms with Gasteiger partial charge in [0.15, 0.2) is 15.7 Å². The van der Waals surface area contributed by atoms with Gasteiger partial charge in [0.2, 0.25) is 11.8 Å². The van der Waals surface area contributed by atoms with Crippen LogP contribution in [0.25, 0.3) is 0 Å². The summed E-state index contributed by atoms with van der Waals surface area (Å²) in [5.74, 6) is -0.284. The summed E-state index contributed by atoms with van der Waals surface area (Å²) in [6.45, 7) is 4.01. The topological polar surface area (TPSA) is 93.4 Å². The molecule has 0 saturated carbocycles. The zero-order chi connectivity index (χ0) is 19.4. The van der Waals surface area contributed by atoms with Crippen molar-refractivity contribution >= 4 is 21.4 Å². The Morgan fingerprint density at radius 3 is 2.89 bits per heavy atom. The molecule has 0 N–H and O–H groups in total. The second kappa shape index (κ2) is 8.21. The van der Waals surface area contributed by atoms with Crippen LogP contribution in [0.3, 0.4) is 0 Å². The number of hydrogen-bond donors (Lipinski definition) is 0. The van der Waals surface area contributed by atoms with E-state index in [1.165, 1.54) is 6.92 Å². The van der Waals surface area contributed by atoms with Crippen molar-refractivity contribution in [3.05, 3.63) is 41.5 Å². The standard InChI is InChI=1S/C19H25N3O4S/c1-3-4-11-17-20-18(26-21-17)13-27(24,25)14(2)19(23)22-12-7-9-15-8-5-6-10-16(15)22/h5-6,8,10,14H,3-4,7,9,11-13H2,1-2H3. The van der Waals surface area contributed by atoms with Crippen molar-refractivity contribution in [1.82, 2.24) is 10.1 Å². The van der Waals surface area contributed by atoms with Gasteiger partial charge in [0.25, 0.3) is 0 Å². The molecule has 146 valence electrons. The van der Waals surface area contributed by atoms with Gasteiger partial charge in [-0.25, -0.2) is 8.42 Å². The lowest BCUT2D eigenvalue weighted by atomic mass is 10.0. The highest BCUT2D eigenvalue weighted by Crippen LogP contribution is 2.28. The fourth-order valence-corrected chi connectivity index (χ4v) is 4.36.